The second-order valence-electron chi connectivity index (χ2n) is 5.26. The van der Waals surface area contributed by atoms with Gasteiger partial charge < -0.3 is 10.1 Å². The molecule has 0 radical (unpaired) electrons. The summed E-state index contributed by atoms with van der Waals surface area (Å²) >= 11 is 3.22. The number of aromatic nitrogens is 1. The highest BCUT2D eigenvalue weighted by Crippen LogP contribution is 2.23. The number of pyridine rings is 1. The van der Waals surface area contributed by atoms with Gasteiger partial charge in [0.2, 0.25) is 6.43 Å². The Balaban J connectivity index is 2.82. The van der Waals surface area contributed by atoms with Crippen molar-refractivity contribution in [1.29, 1.82) is 0 Å². The minimum Gasteiger partial charge on any atom is -0.444 e. The molecular formula is C13H17BrF2N2O2. The fourth-order valence-corrected chi connectivity index (χ4v) is 1.91. The van der Waals surface area contributed by atoms with E-state index in [0.717, 1.165) is 0 Å². The van der Waals surface area contributed by atoms with Gasteiger partial charge in [-0.3, -0.25) is 4.98 Å². The number of carbonyl (C=O) groups is 1. The van der Waals surface area contributed by atoms with Crippen molar-refractivity contribution in [2.45, 2.75) is 45.3 Å². The molecule has 0 saturated heterocycles. The maximum absolute atomic E-state index is 12.6. The molecule has 112 valence electrons. The van der Waals surface area contributed by atoms with E-state index in [2.05, 4.69) is 26.2 Å². The Morgan fingerprint density at radius 2 is 2.10 bits per heavy atom. The fraction of sp³-hybridized carbons (Fsp3) is 0.538. The van der Waals surface area contributed by atoms with E-state index in [1.807, 2.05) is 0 Å². The zero-order valence-corrected chi connectivity index (χ0v) is 13.1. The van der Waals surface area contributed by atoms with Gasteiger partial charge >= 0.3 is 6.09 Å². The highest BCUT2D eigenvalue weighted by atomic mass is 79.9. The zero-order valence-electron chi connectivity index (χ0n) is 11.5. The lowest BCUT2D eigenvalue weighted by Gasteiger charge is -2.23. The average molecular weight is 351 g/mol. The van der Waals surface area contributed by atoms with Crippen LogP contribution in [0.4, 0.5) is 13.6 Å². The van der Waals surface area contributed by atoms with Crippen LogP contribution in [-0.4, -0.2) is 23.1 Å². The summed E-state index contributed by atoms with van der Waals surface area (Å²) in [6.07, 6.45) is -0.805. The minimum absolute atomic E-state index is 0.491. The van der Waals surface area contributed by atoms with Crippen molar-refractivity contribution in [2.75, 3.05) is 0 Å². The van der Waals surface area contributed by atoms with Crippen molar-refractivity contribution < 1.29 is 18.3 Å². The van der Waals surface area contributed by atoms with Crippen molar-refractivity contribution in [3.05, 3.63) is 28.5 Å². The molecular weight excluding hydrogens is 334 g/mol. The van der Waals surface area contributed by atoms with Crippen LogP contribution in [0.15, 0.2) is 22.9 Å². The summed E-state index contributed by atoms with van der Waals surface area (Å²) in [5, 5.41) is 2.45. The van der Waals surface area contributed by atoms with E-state index in [-0.39, 0.29) is 0 Å². The van der Waals surface area contributed by atoms with Gasteiger partial charge in [0, 0.05) is 23.3 Å². The van der Waals surface area contributed by atoms with Crippen LogP contribution >= 0.6 is 15.9 Å². The Labute approximate surface area is 125 Å². The topological polar surface area (TPSA) is 51.2 Å². The second-order valence-corrected chi connectivity index (χ2v) is 6.18. The van der Waals surface area contributed by atoms with Gasteiger partial charge in [0.1, 0.15) is 5.60 Å². The van der Waals surface area contributed by atoms with Crippen molar-refractivity contribution in [2.24, 2.45) is 0 Å². The van der Waals surface area contributed by atoms with Gasteiger partial charge in [-0.15, -0.1) is 0 Å². The number of ether oxygens (including phenoxy) is 1. The molecule has 7 heteroatoms. The minimum atomic E-state index is -2.55. The van der Waals surface area contributed by atoms with Crippen LogP contribution in [-0.2, 0) is 4.74 Å². The van der Waals surface area contributed by atoms with Crippen LogP contribution in [0.25, 0.3) is 0 Å². The lowest BCUT2D eigenvalue weighted by atomic mass is 10.1. The molecule has 1 rings (SSSR count). The number of halogens is 3. The number of hydrogen-bond donors (Lipinski definition) is 1. The van der Waals surface area contributed by atoms with E-state index in [1.54, 1.807) is 26.8 Å². The summed E-state index contributed by atoms with van der Waals surface area (Å²) in [4.78, 5) is 15.6. The summed E-state index contributed by atoms with van der Waals surface area (Å²) in [6, 6.07) is 0.784. The van der Waals surface area contributed by atoms with Crippen molar-refractivity contribution in [3.8, 4) is 0 Å². The first-order valence-electron chi connectivity index (χ1n) is 6.05. The summed E-state index contributed by atoms with van der Waals surface area (Å²) in [5.74, 6) is 0. The molecule has 1 heterocycles. The lowest BCUT2D eigenvalue weighted by molar-refractivity contribution is 0.0471. The van der Waals surface area contributed by atoms with Crippen molar-refractivity contribution >= 4 is 22.0 Å². The third-order valence-electron chi connectivity index (χ3n) is 2.23. The number of alkyl carbamates (subject to hydrolysis) is 1. The Hall–Kier alpha value is -1.24. The van der Waals surface area contributed by atoms with Crippen molar-refractivity contribution in [1.82, 2.24) is 10.3 Å². The average Bonchev–Trinajstić information content (AvgIpc) is 2.24. The smallest absolute Gasteiger partial charge is 0.408 e. The molecule has 1 atom stereocenters. The molecule has 1 aromatic heterocycles. The number of nitrogens with one attached hydrogen (secondary N) is 1. The van der Waals surface area contributed by atoms with Crippen LogP contribution in [0, 0.1) is 0 Å². The normalized spacial score (nSPS) is 13.2. The number of carbonyl (C=O) groups excluding carboxylic acids is 1. The summed E-state index contributed by atoms with van der Waals surface area (Å²) < 4.78 is 31.0. The maximum atomic E-state index is 12.6. The van der Waals surface area contributed by atoms with Gasteiger partial charge in [-0.2, -0.15) is 0 Å². The third-order valence-corrected chi connectivity index (χ3v) is 2.67. The van der Waals surface area contributed by atoms with Gasteiger partial charge in [-0.1, -0.05) is 0 Å². The quantitative estimate of drug-likeness (QED) is 0.890. The molecule has 0 aromatic carbocycles. The van der Waals surface area contributed by atoms with Crippen molar-refractivity contribution in [3.63, 3.8) is 0 Å². The molecule has 0 aliphatic rings. The standard InChI is InChI=1S/C13H17BrF2N2O2/c1-13(2,3)20-12(19)18-10(5-11(15)16)8-4-9(14)7-17-6-8/h4,6-7,10-11H,5H2,1-3H3,(H,18,19). The molecule has 1 unspecified atom stereocenters. The molecule has 1 amide bonds. The van der Waals surface area contributed by atoms with Crippen LogP contribution < -0.4 is 5.32 Å². The molecule has 1 aromatic rings. The number of nitrogens with zero attached hydrogens (tertiary/aromatic N) is 1. The fourth-order valence-electron chi connectivity index (χ4n) is 1.53. The Bertz CT molecular complexity index is 464. The van der Waals surface area contributed by atoms with Gasteiger partial charge in [0.05, 0.1) is 6.04 Å². The van der Waals surface area contributed by atoms with E-state index in [4.69, 9.17) is 4.74 Å². The number of hydrogen-bond acceptors (Lipinski definition) is 3. The predicted octanol–water partition coefficient (Wildman–Crippen LogP) is 4.07. The van der Waals surface area contributed by atoms with Gasteiger partial charge in [-0.25, -0.2) is 13.6 Å². The summed E-state index contributed by atoms with van der Waals surface area (Å²) in [6.45, 7) is 5.11. The predicted molar refractivity (Wildman–Crippen MR) is 74.7 cm³/mol. The Morgan fingerprint density at radius 3 is 2.60 bits per heavy atom. The zero-order chi connectivity index (χ0) is 15.3. The molecule has 0 spiro atoms. The van der Waals surface area contributed by atoms with E-state index in [0.29, 0.717) is 10.0 Å². The molecule has 0 aliphatic carbocycles. The second kappa shape index (κ2) is 6.97. The highest BCUT2D eigenvalue weighted by Gasteiger charge is 2.23. The van der Waals surface area contributed by atoms with Gasteiger partial charge in [-0.05, 0) is 48.3 Å². The third kappa shape index (κ3) is 6.27. The van der Waals surface area contributed by atoms with Crippen LogP contribution in [0.1, 0.15) is 38.8 Å². The first-order chi connectivity index (χ1) is 9.17. The largest absolute Gasteiger partial charge is 0.444 e. The molecule has 4 nitrogen and oxygen atoms in total. The number of rotatable bonds is 4. The van der Waals surface area contributed by atoms with E-state index in [1.165, 1.54) is 12.4 Å². The van der Waals surface area contributed by atoms with Crippen LogP contribution in [0.5, 0.6) is 0 Å². The molecule has 0 aliphatic heterocycles. The van der Waals surface area contributed by atoms with Crippen LogP contribution in [0.3, 0.4) is 0 Å². The monoisotopic (exact) mass is 350 g/mol. The van der Waals surface area contributed by atoms with Gasteiger partial charge in [0.25, 0.3) is 0 Å². The highest BCUT2D eigenvalue weighted by molar-refractivity contribution is 9.10. The first kappa shape index (κ1) is 16.8. The number of amides is 1. The maximum Gasteiger partial charge on any atom is 0.408 e. The Kier molecular flexibility index (Phi) is 5.86. The first-order valence-corrected chi connectivity index (χ1v) is 6.85. The lowest BCUT2D eigenvalue weighted by Crippen LogP contribution is -2.35. The number of alkyl halides is 2. The van der Waals surface area contributed by atoms with E-state index in [9.17, 15) is 13.6 Å². The van der Waals surface area contributed by atoms with E-state index >= 15 is 0 Å². The van der Waals surface area contributed by atoms with E-state index < -0.39 is 30.6 Å². The molecule has 0 fully saturated rings. The summed E-state index contributed by atoms with van der Waals surface area (Å²) in [7, 11) is 0. The SMILES string of the molecule is CC(C)(C)OC(=O)NC(CC(F)F)c1cncc(Br)c1. The molecule has 20 heavy (non-hydrogen) atoms. The molecule has 1 N–H and O–H groups in total. The molecule has 0 saturated carbocycles. The summed E-state index contributed by atoms with van der Waals surface area (Å²) in [5.41, 5.74) is -0.194. The van der Waals surface area contributed by atoms with Crippen LogP contribution in [0.2, 0.25) is 0 Å². The molecule has 0 bridgehead atoms. The van der Waals surface area contributed by atoms with Gasteiger partial charge in [0.15, 0.2) is 0 Å². The Morgan fingerprint density at radius 1 is 1.45 bits per heavy atom.